The number of oxime groups is 1. The Balaban J connectivity index is 1.52. The van der Waals surface area contributed by atoms with Crippen molar-refractivity contribution < 1.29 is 19.0 Å². The van der Waals surface area contributed by atoms with Gasteiger partial charge in [-0.3, -0.25) is 0 Å². The summed E-state index contributed by atoms with van der Waals surface area (Å²) in [4.78, 5) is 5.60. The van der Waals surface area contributed by atoms with Gasteiger partial charge in [0.2, 0.25) is 0 Å². The Morgan fingerprint density at radius 3 is 2.32 bits per heavy atom. The van der Waals surface area contributed by atoms with E-state index in [9.17, 15) is 0 Å². The molecule has 0 amide bonds. The Kier molecular flexibility index (Phi) is 5.73. The van der Waals surface area contributed by atoms with Crippen LogP contribution in [0.25, 0.3) is 0 Å². The molecule has 1 aliphatic heterocycles. The van der Waals surface area contributed by atoms with E-state index >= 15 is 0 Å². The molecule has 142 valence electrons. The maximum atomic E-state index is 5.89. The summed E-state index contributed by atoms with van der Waals surface area (Å²) in [6, 6.07) is 25.3. The minimum atomic E-state index is 0.276. The summed E-state index contributed by atoms with van der Waals surface area (Å²) in [6.07, 6.45) is 0. The summed E-state index contributed by atoms with van der Waals surface area (Å²) >= 11 is 0. The van der Waals surface area contributed by atoms with Crippen LogP contribution in [0.1, 0.15) is 11.1 Å². The number of rotatable bonds is 7. The van der Waals surface area contributed by atoms with E-state index in [0.717, 1.165) is 22.6 Å². The van der Waals surface area contributed by atoms with Gasteiger partial charge in [-0.25, -0.2) is 0 Å². The van der Waals surface area contributed by atoms with Crippen molar-refractivity contribution in [2.45, 2.75) is 6.61 Å². The highest BCUT2D eigenvalue weighted by atomic mass is 16.6. The minimum Gasteiger partial charge on any atom is -0.487 e. The van der Waals surface area contributed by atoms with Crippen LogP contribution in [0.5, 0.6) is 17.2 Å². The largest absolute Gasteiger partial charge is 0.487 e. The molecule has 5 heteroatoms. The van der Waals surface area contributed by atoms with Crippen LogP contribution in [0, 0.1) is 0 Å². The van der Waals surface area contributed by atoms with Crippen LogP contribution in [0.4, 0.5) is 0 Å². The number of para-hydroxylation sites is 1. The van der Waals surface area contributed by atoms with Gasteiger partial charge in [0.25, 0.3) is 0 Å². The first-order valence-electron chi connectivity index (χ1n) is 9.19. The fourth-order valence-corrected chi connectivity index (χ4v) is 2.81. The van der Waals surface area contributed by atoms with Crippen molar-refractivity contribution in [1.82, 2.24) is 0 Å². The Morgan fingerprint density at radius 1 is 0.821 bits per heavy atom. The predicted molar refractivity (Wildman–Crippen MR) is 107 cm³/mol. The van der Waals surface area contributed by atoms with Gasteiger partial charge < -0.3 is 19.0 Å². The number of hydrogen-bond donors (Lipinski definition) is 0. The topological polar surface area (TPSA) is 49.3 Å². The molecule has 0 bridgehead atoms. The molecule has 0 radical (unpaired) electrons. The van der Waals surface area contributed by atoms with Crippen molar-refractivity contribution in [3.63, 3.8) is 0 Å². The summed E-state index contributed by atoms with van der Waals surface area (Å²) in [5.41, 5.74) is 2.60. The highest BCUT2D eigenvalue weighted by molar-refractivity contribution is 6.02. The lowest BCUT2D eigenvalue weighted by molar-refractivity contribution is 0.129. The molecule has 3 aromatic rings. The second-order valence-corrected chi connectivity index (χ2v) is 6.26. The number of hydrogen-bond acceptors (Lipinski definition) is 5. The average molecular weight is 375 g/mol. The molecular weight excluding hydrogens is 354 g/mol. The molecule has 0 saturated heterocycles. The molecule has 0 spiro atoms. The Morgan fingerprint density at radius 2 is 1.54 bits per heavy atom. The van der Waals surface area contributed by atoms with Gasteiger partial charge in [-0.2, -0.15) is 0 Å². The van der Waals surface area contributed by atoms with E-state index in [2.05, 4.69) is 5.16 Å². The summed E-state index contributed by atoms with van der Waals surface area (Å²) in [6.45, 7) is 1.76. The van der Waals surface area contributed by atoms with Crippen LogP contribution in [0.15, 0.2) is 84.0 Å². The SMILES string of the molecule is c1ccc(CO/N=C(\COc2ccccc2)c2ccc3c(c2)OCCO3)cc1. The van der Waals surface area contributed by atoms with Crippen LogP contribution in [-0.2, 0) is 11.4 Å². The molecule has 0 aliphatic carbocycles. The smallest absolute Gasteiger partial charge is 0.162 e. The number of nitrogens with zero attached hydrogens (tertiary/aromatic N) is 1. The fourth-order valence-electron chi connectivity index (χ4n) is 2.81. The van der Waals surface area contributed by atoms with Crippen molar-refractivity contribution in [3.05, 3.63) is 90.0 Å². The summed E-state index contributed by atoms with van der Waals surface area (Å²) in [7, 11) is 0. The lowest BCUT2D eigenvalue weighted by atomic mass is 10.1. The van der Waals surface area contributed by atoms with Crippen molar-refractivity contribution in [1.29, 1.82) is 0 Å². The summed E-state index contributed by atoms with van der Waals surface area (Å²) in [5, 5.41) is 4.35. The van der Waals surface area contributed by atoms with Gasteiger partial charge in [-0.05, 0) is 35.9 Å². The van der Waals surface area contributed by atoms with E-state index in [1.165, 1.54) is 0 Å². The first kappa shape index (κ1) is 17.9. The van der Waals surface area contributed by atoms with Crippen LogP contribution in [0.3, 0.4) is 0 Å². The van der Waals surface area contributed by atoms with Crippen LogP contribution >= 0.6 is 0 Å². The quantitative estimate of drug-likeness (QED) is 0.452. The Hall–Kier alpha value is -3.47. The maximum absolute atomic E-state index is 5.89. The first-order chi connectivity index (χ1) is 13.9. The van der Waals surface area contributed by atoms with Gasteiger partial charge in [-0.1, -0.05) is 53.7 Å². The van der Waals surface area contributed by atoms with Crippen LogP contribution in [0.2, 0.25) is 0 Å². The third-order valence-electron chi connectivity index (χ3n) is 4.24. The molecule has 0 saturated carbocycles. The highest BCUT2D eigenvalue weighted by Crippen LogP contribution is 2.31. The molecular formula is C23H21NO4. The third kappa shape index (κ3) is 4.62. The monoisotopic (exact) mass is 375 g/mol. The summed E-state index contributed by atoms with van der Waals surface area (Å²) < 4.78 is 17.2. The average Bonchev–Trinajstić information content (AvgIpc) is 2.77. The first-order valence-corrected chi connectivity index (χ1v) is 9.19. The normalized spacial score (nSPS) is 13.1. The summed E-state index contributed by atoms with van der Waals surface area (Å²) in [5.74, 6) is 2.22. The molecule has 0 aromatic heterocycles. The number of benzene rings is 3. The van der Waals surface area contributed by atoms with Gasteiger partial charge in [0.05, 0.1) is 0 Å². The molecule has 1 heterocycles. The van der Waals surface area contributed by atoms with E-state index in [1.54, 1.807) is 0 Å². The van der Waals surface area contributed by atoms with E-state index in [1.807, 2.05) is 78.9 Å². The highest BCUT2D eigenvalue weighted by Gasteiger charge is 2.15. The van der Waals surface area contributed by atoms with E-state index in [4.69, 9.17) is 19.0 Å². The lowest BCUT2D eigenvalue weighted by Gasteiger charge is -2.19. The molecule has 4 rings (SSSR count). The zero-order valence-corrected chi connectivity index (χ0v) is 15.4. The molecule has 0 fully saturated rings. The lowest BCUT2D eigenvalue weighted by Crippen LogP contribution is -2.17. The van der Waals surface area contributed by atoms with Crippen molar-refractivity contribution >= 4 is 5.71 Å². The predicted octanol–water partition coefficient (Wildman–Crippen LogP) is 4.46. The van der Waals surface area contributed by atoms with Crippen LogP contribution in [-0.4, -0.2) is 25.5 Å². The van der Waals surface area contributed by atoms with Gasteiger partial charge in [0, 0.05) is 5.56 Å². The Labute approximate surface area is 164 Å². The number of ether oxygens (including phenoxy) is 3. The number of fused-ring (bicyclic) bond motifs is 1. The van der Waals surface area contributed by atoms with Gasteiger partial charge in [-0.15, -0.1) is 0 Å². The minimum absolute atomic E-state index is 0.276. The second kappa shape index (κ2) is 8.95. The molecule has 3 aromatic carbocycles. The molecule has 0 atom stereocenters. The van der Waals surface area contributed by atoms with Crippen LogP contribution < -0.4 is 14.2 Å². The Bertz CT molecular complexity index is 926. The zero-order chi connectivity index (χ0) is 19.0. The van der Waals surface area contributed by atoms with Gasteiger partial charge in [0.15, 0.2) is 11.5 Å². The zero-order valence-electron chi connectivity index (χ0n) is 15.4. The van der Waals surface area contributed by atoms with Gasteiger partial charge >= 0.3 is 0 Å². The molecule has 0 N–H and O–H groups in total. The van der Waals surface area contributed by atoms with Crippen molar-refractivity contribution in [3.8, 4) is 17.2 Å². The molecule has 28 heavy (non-hydrogen) atoms. The fraction of sp³-hybridized carbons (Fsp3) is 0.174. The molecule has 0 unspecified atom stereocenters. The van der Waals surface area contributed by atoms with E-state index in [0.29, 0.717) is 31.3 Å². The van der Waals surface area contributed by atoms with Crippen molar-refractivity contribution in [2.75, 3.05) is 19.8 Å². The second-order valence-electron chi connectivity index (χ2n) is 6.26. The molecule has 1 aliphatic rings. The third-order valence-corrected chi connectivity index (χ3v) is 4.24. The van der Waals surface area contributed by atoms with E-state index < -0.39 is 0 Å². The standard InChI is InChI=1S/C23H21NO4/c1-3-7-18(8-4-1)16-28-24-21(17-27-20-9-5-2-6-10-20)19-11-12-22-23(15-19)26-14-13-25-22/h1-12,15H,13-14,16-17H2/b24-21+. The molecule has 5 nitrogen and oxygen atoms in total. The maximum Gasteiger partial charge on any atom is 0.162 e. The van der Waals surface area contributed by atoms with E-state index in [-0.39, 0.29) is 6.61 Å². The van der Waals surface area contributed by atoms with Gasteiger partial charge in [0.1, 0.15) is 37.9 Å². The van der Waals surface area contributed by atoms with Crippen molar-refractivity contribution in [2.24, 2.45) is 5.16 Å².